The molecule has 16 heavy (non-hydrogen) atoms. The van der Waals surface area contributed by atoms with Gasteiger partial charge in [0.05, 0.1) is 12.6 Å². The summed E-state index contributed by atoms with van der Waals surface area (Å²) in [5, 5.41) is 6.33. The Bertz CT molecular complexity index is 350. The number of ether oxygens (including phenoxy) is 1. The second-order valence-corrected chi connectivity index (χ2v) is 4.03. The molecule has 1 aliphatic rings. The maximum Gasteiger partial charge on any atom is 0.224 e. The molecular weight excluding hydrogens is 204 g/mol. The highest BCUT2D eigenvalue weighted by atomic mass is 16.5. The minimum absolute atomic E-state index is 0.368. The van der Waals surface area contributed by atoms with Crippen LogP contribution in [0.3, 0.4) is 0 Å². The van der Waals surface area contributed by atoms with Gasteiger partial charge in [0.1, 0.15) is 5.82 Å². The van der Waals surface area contributed by atoms with Gasteiger partial charge in [-0.1, -0.05) is 0 Å². The highest BCUT2D eigenvalue weighted by Crippen LogP contribution is 2.14. The van der Waals surface area contributed by atoms with Gasteiger partial charge in [-0.3, -0.25) is 0 Å². The average molecular weight is 222 g/mol. The number of hydrogen-bond donors (Lipinski definition) is 2. The maximum absolute atomic E-state index is 5.42. The Balaban J connectivity index is 2.04. The van der Waals surface area contributed by atoms with Crippen LogP contribution in [0, 0.1) is 6.92 Å². The molecule has 1 atom stereocenters. The Morgan fingerprint density at radius 2 is 2.31 bits per heavy atom. The van der Waals surface area contributed by atoms with E-state index in [-0.39, 0.29) is 0 Å². The van der Waals surface area contributed by atoms with Crippen LogP contribution in [-0.4, -0.2) is 36.3 Å². The van der Waals surface area contributed by atoms with Crippen molar-refractivity contribution in [2.24, 2.45) is 0 Å². The quantitative estimate of drug-likeness (QED) is 0.810. The van der Waals surface area contributed by atoms with E-state index in [4.69, 9.17) is 4.74 Å². The highest BCUT2D eigenvalue weighted by Gasteiger charge is 2.14. The third kappa shape index (κ3) is 2.82. The largest absolute Gasteiger partial charge is 0.379 e. The highest BCUT2D eigenvalue weighted by molar-refractivity contribution is 5.42. The van der Waals surface area contributed by atoms with Gasteiger partial charge in [0.2, 0.25) is 5.95 Å². The molecular formula is C11H18N4O. The van der Waals surface area contributed by atoms with Gasteiger partial charge in [0.25, 0.3) is 0 Å². The predicted molar refractivity (Wildman–Crippen MR) is 63.8 cm³/mol. The Morgan fingerprint density at radius 3 is 3.00 bits per heavy atom. The fraction of sp³-hybridized carbons (Fsp3) is 0.636. The van der Waals surface area contributed by atoms with Crippen LogP contribution in [0.1, 0.15) is 18.5 Å². The number of hydrogen-bond acceptors (Lipinski definition) is 5. The third-order valence-electron chi connectivity index (χ3n) is 2.59. The van der Waals surface area contributed by atoms with Crippen molar-refractivity contribution in [3.8, 4) is 0 Å². The summed E-state index contributed by atoms with van der Waals surface area (Å²) in [6, 6.07) is 2.32. The number of aromatic nitrogens is 2. The van der Waals surface area contributed by atoms with E-state index in [9.17, 15) is 0 Å². The van der Waals surface area contributed by atoms with Crippen LogP contribution in [0.2, 0.25) is 0 Å². The zero-order valence-electron chi connectivity index (χ0n) is 9.79. The fourth-order valence-corrected chi connectivity index (χ4v) is 1.82. The lowest BCUT2D eigenvalue weighted by Gasteiger charge is -2.23. The van der Waals surface area contributed by atoms with Gasteiger partial charge in [-0.25, -0.2) is 4.98 Å². The monoisotopic (exact) mass is 222 g/mol. The summed E-state index contributed by atoms with van der Waals surface area (Å²) < 4.78 is 5.42. The van der Waals surface area contributed by atoms with E-state index in [1.54, 1.807) is 0 Å². The van der Waals surface area contributed by atoms with Gasteiger partial charge < -0.3 is 15.4 Å². The molecule has 2 heterocycles. The van der Waals surface area contributed by atoms with Crippen LogP contribution in [-0.2, 0) is 4.74 Å². The van der Waals surface area contributed by atoms with Crippen molar-refractivity contribution < 1.29 is 4.74 Å². The molecule has 0 radical (unpaired) electrons. The summed E-state index contributed by atoms with van der Waals surface area (Å²) in [5.74, 6) is 1.52. The minimum atomic E-state index is 0.368. The van der Waals surface area contributed by atoms with E-state index in [0.717, 1.165) is 37.6 Å². The minimum Gasteiger partial charge on any atom is -0.379 e. The topological polar surface area (TPSA) is 59.1 Å². The van der Waals surface area contributed by atoms with E-state index >= 15 is 0 Å². The van der Waals surface area contributed by atoms with Crippen molar-refractivity contribution in [2.45, 2.75) is 25.8 Å². The molecule has 1 aromatic heterocycles. The Hall–Kier alpha value is -1.36. The number of aryl methyl sites for hydroxylation is 1. The van der Waals surface area contributed by atoms with Crippen LogP contribution in [0.15, 0.2) is 6.07 Å². The molecule has 0 amide bonds. The van der Waals surface area contributed by atoms with Crippen molar-refractivity contribution in [1.82, 2.24) is 9.97 Å². The molecule has 2 N–H and O–H groups in total. The molecule has 1 unspecified atom stereocenters. The molecule has 88 valence electrons. The molecule has 1 saturated heterocycles. The first kappa shape index (κ1) is 11.1. The summed E-state index contributed by atoms with van der Waals surface area (Å²) in [5.41, 5.74) is 0.957. The lowest BCUT2D eigenvalue weighted by molar-refractivity contribution is 0.0875. The molecule has 1 aliphatic heterocycles. The van der Waals surface area contributed by atoms with E-state index in [0.29, 0.717) is 12.0 Å². The van der Waals surface area contributed by atoms with E-state index in [1.807, 2.05) is 20.0 Å². The molecule has 0 saturated carbocycles. The fourth-order valence-electron chi connectivity index (χ4n) is 1.82. The third-order valence-corrected chi connectivity index (χ3v) is 2.59. The lowest BCUT2D eigenvalue weighted by Crippen LogP contribution is -2.30. The van der Waals surface area contributed by atoms with Crippen LogP contribution in [0.4, 0.5) is 11.8 Å². The first-order chi connectivity index (χ1) is 7.78. The summed E-state index contributed by atoms with van der Waals surface area (Å²) in [6.07, 6.45) is 2.25. The van der Waals surface area contributed by atoms with Crippen LogP contribution < -0.4 is 10.6 Å². The van der Waals surface area contributed by atoms with Gasteiger partial charge in [-0.05, 0) is 19.8 Å². The van der Waals surface area contributed by atoms with Gasteiger partial charge in [-0.15, -0.1) is 0 Å². The van der Waals surface area contributed by atoms with Crippen molar-refractivity contribution in [2.75, 3.05) is 30.9 Å². The van der Waals surface area contributed by atoms with Crippen molar-refractivity contribution in [1.29, 1.82) is 0 Å². The van der Waals surface area contributed by atoms with E-state index < -0.39 is 0 Å². The SMILES string of the molecule is CNc1nc(C)cc(NC2CCCOC2)n1. The smallest absolute Gasteiger partial charge is 0.224 e. The van der Waals surface area contributed by atoms with E-state index in [2.05, 4.69) is 20.6 Å². The summed E-state index contributed by atoms with van der Waals surface area (Å²) in [7, 11) is 1.82. The van der Waals surface area contributed by atoms with Crippen molar-refractivity contribution in [3.63, 3.8) is 0 Å². The number of nitrogens with one attached hydrogen (secondary N) is 2. The average Bonchev–Trinajstić information content (AvgIpc) is 2.29. The van der Waals surface area contributed by atoms with Crippen molar-refractivity contribution in [3.05, 3.63) is 11.8 Å². The van der Waals surface area contributed by atoms with Crippen molar-refractivity contribution >= 4 is 11.8 Å². The summed E-state index contributed by atoms with van der Waals surface area (Å²) in [6.45, 7) is 3.60. The molecule has 0 aromatic carbocycles. The Kier molecular flexibility index (Phi) is 3.56. The first-order valence-electron chi connectivity index (χ1n) is 5.65. The zero-order chi connectivity index (χ0) is 11.4. The Labute approximate surface area is 95.6 Å². The maximum atomic E-state index is 5.42. The second kappa shape index (κ2) is 5.12. The standard InChI is InChI=1S/C11H18N4O/c1-8-6-10(15-11(12-2)13-8)14-9-4-3-5-16-7-9/h6,9H,3-5,7H2,1-2H3,(H2,12,13,14,15). The predicted octanol–water partition coefficient (Wildman–Crippen LogP) is 1.42. The number of rotatable bonds is 3. The molecule has 2 rings (SSSR count). The van der Waals surface area contributed by atoms with Crippen LogP contribution >= 0.6 is 0 Å². The molecule has 1 aromatic rings. The molecule has 5 heteroatoms. The normalized spacial score (nSPS) is 20.5. The summed E-state index contributed by atoms with van der Waals surface area (Å²) in [4.78, 5) is 8.61. The number of anilines is 2. The van der Waals surface area contributed by atoms with Crippen LogP contribution in [0.5, 0.6) is 0 Å². The summed E-state index contributed by atoms with van der Waals surface area (Å²) >= 11 is 0. The molecule has 0 bridgehead atoms. The van der Waals surface area contributed by atoms with Crippen LogP contribution in [0.25, 0.3) is 0 Å². The van der Waals surface area contributed by atoms with E-state index in [1.165, 1.54) is 0 Å². The second-order valence-electron chi connectivity index (χ2n) is 4.03. The zero-order valence-corrected chi connectivity index (χ0v) is 9.79. The molecule has 5 nitrogen and oxygen atoms in total. The first-order valence-corrected chi connectivity index (χ1v) is 5.65. The lowest BCUT2D eigenvalue weighted by atomic mass is 10.1. The molecule has 0 spiro atoms. The van der Waals surface area contributed by atoms with Gasteiger partial charge in [0.15, 0.2) is 0 Å². The van der Waals surface area contributed by atoms with Gasteiger partial charge in [0, 0.05) is 25.4 Å². The Morgan fingerprint density at radius 1 is 1.44 bits per heavy atom. The number of nitrogens with zero attached hydrogens (tertiary/aromatic N) is 2. The molecule has 0 aliphatic carbocycles. The molecule has 1 fully saturated rings. The van der Waals surface area contributed by atoms with Gasteiger partial charge in [-0.2, -0.15) is 4.98 Å². The van der Waals surface area contributed by atoms with Gasteiger partial charge >= 0.3 is 0 Å².